The molecule has 1 aromatic rings. The van der Waals surface area contributed by atoms with Crippen LogP contribution >= 0.6 is 0 Å². The summed E-state index contributed by atoms with van der Waals surface area (Å²) in [5.41, 5.74) is 0.843. The number of hydrogen-bond donors (Lipinski definition) is 5. The number of amides is 7. The molecule has 1 aromatic carbocycles. The van der Waals surface area contributed by atoms with Crippen LogP contribution in [0.1, 0.15) is 92.6 Å². The Balaban J connectivity index is 1.85. The summed E-state index contributed by atoms with van der Waals surface area (Å²) in [5, 5.41) is 19.4. The zero-order chi connectivity index (χ0) is 65.6. The van der Waals surface area contributed by atoms with Gasteiger partial charge in [-0.15, -0.1) is 0 Å². The summed E-state index contributed by atoms with van der Waals surface area (Å²) in [6.45, 7) is 16.3. The minimum absolute atomic E-state index is 0.0179. The van der Waals surface area contributed by atoms with Crippen molar-refractivity contribution < 1.29 is 90.9 Å². The van der Waals surface area contributed by atoms with Crippen molar-refractivity contribution in [2.75, 3.05) is 134 Å². The maximum Gasteiger partial charge on any atom is 0.328 e. The highest BCUT2D eigenvalue weighted by molar-refractivity contribution is 6.02. The van der Waals surface area contributed by atoms with E-state index < -0.39 is 83.9 Å². The van der Waals surface area contributed by atoms with Gasteiger partial charge in [0.15, 0.2) is 0 Å². The molecular weight excluding hydrogens is 1150 g/mol. The number of carbonyl (C=O) groups is 9. The van der Waals surface area contributed by atoms with Gasteiger partial charge in [-0.05, 0) is 36.2 Å². The van der Waals surface area contributed by atoms with E-state index >= 15 is 0 Å². The van der Waals surface area contributed by atoms with Gasteiger partial charge in [-0.1, -0.05) is 85.2 Å². The molecule has 2 rings (SSSR count). The Labute approximate surface area is 520 Å². The Bertz CT molecular complexity index is 2340. The zero-order valence-electron chi connectivity index (χ0n) is 53.9. The highest BCUT2D eigenvalue weighted by atomic mass is 16.6. The average molecular weight is 1250 g/mol. The normalized spacial score (nSPS) is 15.8. The Morgan fingerprint density at radius 3 is 1.66 bits per heavy atom. The van der Waals surface area contributed by atoms with Crippen molar-refractivity contribution in [1.82, 2.24) is 36.0 Å². The molecule has 88 heavy (non-hydrogen) atoms. The van der Waals surface area contributed by atoms with Gasteiger partial charge in [-0.2, -0.15) is 0 Å². The molecule has 9 atom stereocenters. The average Bonchev–Trinajstić information content (AvgIpc) is 3.70. The zero-order valence-corrected chi connectivity index (χ0v) is 53.9. The van der Waals surface area contributed by atoms with Crippen molar-refractivity contribution in [2.45, 2.75) is 136 Å². The van der Waals surface area contributed by atoms with Crippen LogP contribution in [0.5, 0.6) is 0 Å². The number of benzene rings is 1. The van der Waals surface area contributed by atoms with Crippen molar-refractivity contribution in [3.05, 3.63) is 35.9 Å². The Morgan fingerprint density at radius 1 is 0.659 bits per heavy atom. The number of carboxylic acid groups (broad SMARTS) is 1. The second-order valence-corrected chi connectivity index (χ2v) is 22.1. The lowest BCUT2D eigenvalue weighted by Crippen LogP contribution is -2.60. The molecule has 0 aromatic heterocycles. The van der Waals surface area contributed by atoms with Crippen LogP contribution in [0.2, 0.25) is 0 Å². The summed E-state index contributed by atoms with van der Waals surface area (Å²) in [6, 6.07) is 5.36. The molecule has 0 bridgehead atoms. The van der Waals surface area contributed by atoms with Gasteiger partial charge in [0.2, 0.25) is 29.5 Å². The fraction of sp³-hybridized carbons (Fsp3) is 0.726. The van der Waals surface area contributed by atoms with Crippen LogP contribution in [0, 0.1) is 35.5 Å². The molecule has 1 saturated heterocycles. The Kier molecular flexibility index (Phi) is 39.1. The number of ether oxygens (including phenoxy) is 9. The Morgan fingerprint density at radius 2 is 1.18 bits per heavy atom. The van der Waals surface area contributed by atoms with Gasteiger partial charge in [0, 0.05) is 66.2 Å². The third kappa shape index (κ3) is 28.9. The lowest BCUT2D eigenvalue weighted by atomic mass is 9.89. The standard InChI is InChI=1S/C62H101N7O19/c1-13-44(6)57(49(80-10)41-53(73)69-27-17-20-48(69)58(81-11)45(7)59(76)65-47(62(79)82-12)40-46-18-15-14-16-19-46)68(9)61(78)55(42(2)3)66-60(77)56(43(4)5)67(8)52(72)23-28-83-32-36-87-38-34-85-30-25-63-50(70)21-22-51(71)64-26-31-86-35-39-88-37-33-84-29-24-54(74)75/h14-16,18-19,42-45,47-49,55-58H,13,17,20,23-41H2,1-12H3,(H,63,70)(H,64,71)(H,65,76)(H,66,77)(H,74,75)/t44?,45?,47?,48-,49?,55?,56?,57?,58?/m0/s1. The maximum atomic E-state index is 14.7. The lowest BCUT2D eigenvalue weighted by molar-refractivity contribution is -0.149. The van der Waals surface area contributed by atoms with Crippen LogP contribution < -0.4 is 21.3 Å². The third-order valence-electron chi connectivity index (χ3n) is 15.0. The molecule has 5 N–H and O–H groups in total. The maximum absolute atomic E-state index is 14.7. The number of carboxylic acids is 1. The molecule has 0 radical (unpaired) electrons. The number of rotatable bonds is 45. The van der Waals surface area contributed by atoms with Gasteiger partial charge in [0.1, 0.15) is 18.1 Å². The first-order chi connectivity index (χ1) is 42.0. The summed E-state index contributed by atoms with van der Waals surface area (Å²) >= 11 is 0. The van der Waals surface area contributed by atoms with E-state index in [-0.39, 0.29) is 140 Å². The van der Waals surface area contributed by atoms with E-state index in [0.717, 1.165) is 5.56 Å². The van der Waals surface area contributed by atoms with Crippen LogP contribution in [-0.2, 0) is 92.2 Å². The summed E-state index contributed by atoms with van der Waals surface area (Å²) < 4.78 is 49.4. The van der Waals surface area contributed by atoms with E-state index in [1.165, 1.54) is 26.2 Å². The van der Waals surface area contributed by atoms with E-state index in [1.807, 2.05) is 71.9 Å². The molecule has 0 spiro atoms. The van der Waals surface area contributed by atoms with Gasteiger partial charge >= 0.3 is 11.9 Å². The van der Waals surface area contributed by atoms with Gasteiger partial charge in [0.25, 0.3) is 11.8 Å². The van der Waals surface area contributed by atoms with Crippen molar-refractivity contribution in [3.8, 4) is 11.8 Å². The molecule has 7 amide bonds. The third-order valence-corrected chi connectivity index (χ3v) is 15.0. The minimum atomic E-state index is -0.996. The molecule has 1 aliphatic rings. The molecule has 1 aliphatic heterocycles. The van der Waals surface area contributed by atoms with Crippen LogP contribution in [0.25, 0.3) is 0 Å². The molecule has 26 heteroatoms. The van der Waals surface area contributed by atoms with Gasteiger partial charge in [0.05, 0.1) is 136 Å². The van der Waals surface area contributed by atoms with Crippen LogP contribution in [0.4, 0.5) is 0 Å². The first-order valence-corrected chi connectivity index (χ1v) is 30.4. The molecule has 26 nitrogen and oxygen atoms in total. The molecule has 1 heterocycles. The van der Waals surface area contributed by atoms with E-state index in [0.29, 0.717) is 39.0 Å². The number of methoxy groups -OCH3 is 3. The number of likely N-dealkylation sites (tertiary alicyclic amines) is 1. The predicted octanol–water partition coefficient (Wildman–Crippen LogP) is 1.63. The molecule has 8 unspecified atom stereocenters. The summed E-state index contributed by atoms with van der Waals surface area (Å²) in [5.74, 6) is -1.89. The lowest BCUT2D eigenvalue weighted by Gasteiger charge is -2.41. The number of likely N-dealkylation sites (N-methyl/N-ethyl adjacent to an activating group) is 2. The summed E-state index contributed by atoms with van der Waals surface area (Å²) in [6.07, 6.45) is 0.466. The first-order valence-electron chi connectivity index (χ1n) is 30.4. The minimum Gasteiger partial charge on any atom is -0.481 e. The second kappa shape index (κ2) is 44.2. The fourth-order valence-electron chi connectivity index (χ4n) is 10.1. The van der Waals surface area contributed by atoms with Crippen molar-refractivity contribution in [1.29, 1.82) is 0 Å². The Hall–Kier alpha value is -6.31. The van der Waals surface area contributed by atoms with Gasteiger partial charge < -0.3 is 83.7 Å². The van der Waals surface area contributed by atoms with E-state index in [1.54, 1.807) is 30.8 Å². The number of esters is 1. The number of nitrogens with one attached hydrogen (secondary N) is 4. The summed E-state index contributed by atoms with van der Waals surface area (Å²) in [7, 11) is 7.47. The van der Waals surface area contributed by atoms with Gasteiger partial charge in [-0.3, -0.25) is 38.4 Å². The highest BCUT2D eigenvalue weighted by Gasteiger charge is 2.44. The van der Waals surface area contributed by atoms with Crippen LogP contribution in [0.15, 0.2) is 30.3 Å². The van der Waals surface area contributed by atoms with Crippen molar-refractivity contribution in [2.24, 2.45) is 23.7 Å². The van der Waals surface area contributed by atoms with Gasteiger partial charge in [-0.25, -0.2) is 4.79 Å². The number of nitrogens with zero attached hydrogens (tertiary/aromatic N) is 3. The van der Waals surface area contributed by atoms with E-state index in [2.05, 4.69) is 33.1 Å². The second-order valence-electron chi connectivity index (χ2n) is 22.1. The predicted molar refractivity (Wildman–Crippen MR) is 324 cm³/mol. The molecule has 0 saturated carbocycles. The number of carbonyl (C=O) groups excluding carboxylic acids is 8. The first kappa shape index (κ1) is 77.8. The number of aliphatic carboxylic acids is 1. The SMILES string of the molecule is CCC(C)C(C(CC(=O)N1CCC[C@H]1C(OC)C(C)C(=O)NC(Cc1ccccc1)C(=O)OC)OC)N(C)C(=O)C(NC(=O)C(C(C)C)N(C)C(=O)CCOCCOCCOCCNC(=O)C#CC(=O)NCCOCCOCCOCCC(=O)O)C(C)C. The molecule has 498 valence electrons. The van der Waals surface area contributed by atoms with Crippen LogP contribution in [0.3, 0.4) is 0 Å². The van der Waals surface area contributed by atoms with E-state index in [9.17, 15) is 43.2 Å². The molecule has 0 aliphatic carbocycles. The largest absolute Gasteiger partial charge is 0.481 e. The molecule has 1 fully saturated rings. The van der Waals surface area contributed by atoms with Crippen molar-refractivity contribution in [3.63, 3.8) is 0 Å². The quantitative estimate of drug-likeness (QED) is 0.0352. The number of hydrogen-bond acceptors (Lipinski definition) is 18. The monoisotopic (exact) mass is 1250 g/mol. The van der Waals surface area contributed by atoms with E-state index in [4.69, 9.17) is 47.7 Å². The summed E-state index contributed by atoms with van der Waals surface area (Å²) in [4.78, 5) is 122. The molecular formula is C62H101N7O19. The van der Waals surface area contributed by atoms with Crippen molar-refractivity contribution >= 4 is 53.3 Å². The van der Waals surface area contributed by atoms with Crippen LogP contribution in [-0.4, -0.2) is 250 Å². The highest BCUT2D eigenvalue weighted by Crippen LogP contribution is 2.30. The topological polar surface area (TPSA) is 315 Å². The smallest absolute Gasteiger partial charge is 0.328 e. The fourth-order valence-corrected chi connectivity index (χ4v) is 10.1.